The van der Waals surface area contributed by atoms with Crippen molar-refractivity contribution in [1.82, 2.24) is 24.5 Å². The van der Waals surface area contributed by atoms with Crippen LogP contribution in [0, 0.1) is 29.0 Å². The molecule has 0 radical (unpaired) electrons. The number of nitrogens with zero attached hydrogens (tertiary/aromatic N) is 6. The molecule has 0 unspecified atom stereocenters. The molecule has 3 heterocycles. The highest BCUT2D eigenvalue weighted by molar-refractivity contribution is 5.96. The van der Waals surface area contributed by atoms with Gasteiger partial charge in [0.1, 0.15) is 17.4 Å². The molecule has 264 valence electrons. The number of hydroxylamine groups is 2. The molecule has 8 rings (SSSR count). The molecule has 2 aromatic carbocycles. The van der Waals surface area contributed by atoms with Crippen molar-refractivity contribution >= 4 is 22.5 Å². The smallest absolute Gasteiger partial charge is 0.261 e. The second-order valence-electron chi connectivity index (χ2n) is 15.2. The largest absolute Gasteiger partial charge is 0.497 e. The van der Waals surface area contributed by atoms with Crippen molar-refractivity contribution < 1.29 is 14.3 Å². The average molecular weight is 682 g/mol. The number of piperazine rings is 1. The molecule has 10 nitrogen and oxygen atoms in total. The van der Waals surface area contributed by atoms with Crippen LogP contribution in [0.3, 0.4) is 0 Å². The molecule has 3 saturated carbocycles. The van der Waals surface area contributed by atoms with Gasteiger partial charge in [-0.3, -0.25) is 14.3 Å². The summed E-state index contributed by atoms with van der Waals surface area (Å²) in [6.45, 7) is 12.7. The SMILES string of the molecule is COc1ccc(CCn2c(-c3cccnc3)nc3cc(NC(=N[C@H]4C[C@@H]5C[C@H]([C@@H]4C)C5(C)C)N4C[C@@H](C)N(O)[C@@H](C)C4)ccc3c2=O)c(F)c1. The predicted octanol–water partition coefficient (Wildman–Crippen LogP) is 6.47. The summed E-state index contributed by atoms with van der Waals surface area (Å²) < 4.78 is 21.6. The van der Waals surface area contributed by atoms with Crippen LogP contribution in [-0.2, 0) is 13.0 Å². The van der Waals surface area contributed by atoms with Gasteiger partial charge >= 0.3 is 0 Å². The molecule has 1 aliphatic heterocycles. The Morgan fingerprint density at radius 3 is 2.54 bits per heavy atom. The van der Waals surface area contributed by atoms with Crippen LogP contribution in [0.4, 0.5) is 10.1 Å². The molecule has 1 saturated heterocycles. The summed E-state index contributed by atoms with van der Waals surface area (Å²) in [5.41, 5.74) is 2.65. The first-order valence-corrected chi connectivity index (χ1v) is 17.8. The standard InChI is InChI=1S/C39H48FN7O3/c1-23-21-45(22-24(2)47(23)49)38(44-34-17-28-16-32(25(34)3)39(28,4)5)42-29-10-12-31-35(18-29)43-36(27-8-7-14-41-20-27)46(37(31)48)15-13-26-9-11-30(50-6)19-33(26)40/h7-12,14,18-20,23-25,28,32,34,49H,13,15-17,21-22H2,1-6H3,(H,42,44)/t23-,24+,25-,28-,32+,34-/m0/s1. The lowest BCUT2D eigenvalue weighted by Gasteiger charge is -2.61. The molecule has 50 heavy (non-hydrogen) atoms. The van der Waals surface area contributed by atoms with Crippen molar-refractivity contribution in [3.8, 4) is 17.1 Å². The highest BCUT2D eigenvalue weighted by atomic mass is 19.1. The quantitative estimate of drug-likeness (QED) is 0.169. The van der Waals surface area contributed by atoms with Gasteiger partial charge in [-0.2, -0.15) is 5.06 Å². The van der Waals surface area contributed by atoms with Crippen molar-refractivity contribution in [3.05, 3.63) is 82.7 Å². The Morgan fingerprint density at radius 1 is 1.10 bits per heavy atom. The number of halogens is 1. The number of pyridine rings is 1. The van der Waals surface area contributed by atoms with Gasteiger partial charge in [-0.15, -0.1) is 0 Å². The van der Waals surface area contributed by atoms with Crippen LogP contribution in [0.1, 0.15) is 53.0 Å². The van der Waals surface area contributed by atoms with Gasteiger partial charge in [0, 0.05) is 49.3 Å². The summed E-state index contributed by atoms with van der Waals surface area (Å²) in [4.78, 5) is 31.1. The molecule has 4 aliphatic rings. The molecule has 2 bridgehead atoms. The fraction of sp³-hybridized carbons (Fsp3) is 0.487. The Morgan fingerprint density at radius 2 is 1.88 bits per heavy atom. The third-order valence-corrected chi connectivity index (χ3v) is 11.8. The van der Waals surface area contributed by atoms with Crippen molar-refractivity contribution in [2.24, 2.45) is 28.2 Å². The van der Waals surface area contributed by atoms with Crippen LogP contribution in [0.5, 0.6) is 5.75 Å². The van der Waals surface area contributed by atoms with E-state index in [0.717, 1.165) is 18.1 Å². The zero-order valence-electron chi connectivity index (χ0n) is 29.8. The fourth-order valence-electron chi connectivity index (χ4n) is 8.57. The first-order chi connectivity index (χ1) is 23.9. The van der Waals surface area contributed by atoms with E-state index in [4.69, 9.17) is 14.7 Å². The minimum atomic E-state index is -0.380. The van der Waals surface area contributed by atoms with E-state index in [-0.39, 0.29) is 36.0 Å². The number of aliphatic imine (C=N–C) groups is 1. The first kappa shape index (κ1) is 34.1. The monoisotopic (exact) mass is 681 g/mol. The Hall–Kier alpha value is -4.35. The Bertz CT molecular complexity index is 1950. The Kier molecular flexibility index (Phi) is 9.15. The Balaban J connectivity index is 1.24. The van der Waals surface area contributed by atoms with Crippen molar-refractivity contribution in [1.29, 1.82) is 0 Å². The summed E-state index contributed by atoms with van der Waals surface area (Å²) in [6.07, 6.45) is 6.01. The molecule has 2 N–H and O–H groups in total. The number of methoxy groups -OCH3 is 1. The van der Waals surface area contributed by atoms with Gasteiger partial charge in [0.05, 0.1) is 36.1 Å². The third kappa shape index (κ3) is 6.26. The van der Waals surface area contributed by atoms with Crippen LogP contribution >= 0.6 is 0 Å². The number of nitrogens with one attached hydrogen (secondary N) is 1. The molecule has 4 fully saturated rings. The number of anilines is 1. The number of fused-ring (bicyclic) bond motifs is 3. The normalized spacial score (nSPS) is 26.5. The van der Waals surface area contributed by atoms with E-state index in [9.17, 15) is 14.4 Å². The number of hydrogen-bond donors (Lipinski definition) is 2. The molecule has 2 aromatic heterocycles. The van der Waals surface area contributed by atoms with E-state index in [1.165, 1.54) is 24.7 Å². The number of aryl methyl sites for hydroxylation is 1. The van der Waals surface area contributed by atoms with Crippen molar-refractivity contribution in [3.63, 3.8) is 0 Å². The first-order valence-electron chi connectivity index (χ1n) is 17.8. The molecular formula is C39H48FN7O3. The maximum atomic E-state index is 14.9. The molecule has 4 aromatic rings. The van der Waals surface area contributed by atoms with E-state index < -0.39 is 0 Å². The van der Waals surface area contributed by atoms with Crippen LogP contribution < -0.4 is 15.6 Å². The molecule has 0 spiro atoms. The zero-order valence-corrected chi connectivity index (χ0v) is 29.8. The molecule has 3 aliphatic carbocycles. The fourth-order valence-corrected chi connectivity index (χ4v) is 8.57. The lowest BCUT2D eigenvalue weighted by molar-refractivity contribution is -0.173. The van der Waals surface area contributed by atoms with Gasteiger partial charge in [-0.25, -0.2) is 14.4 Å². The van der Waals surface area contributed by atoms with E-state index >= 15 is 0 Å². The van der Waals surface area contributed by atoms with Crippen molar-refractivity contribution in [2.75, 3.05) is 25.5 Å². The van der Waals surface area contributed by atoms with Crippen molar-refractivity contribution in [2.45, 2.75) is 78.6 Å². The van der Waals surface area contributed by atoms with Crippen LogP contribution in [-0.4, -0.2) is 74.0 Å². The topological polar surface area (TPSA) is 108 Å². The maximum absolute atomic E-state index is 14.9. The molecular weight excluding hydrogens is 633 g/mol. The van der Waals surface area contributed by atoms with Gasteiger partial charge in [0.15, 0.2) is 5.96 Å². The second-order valence-corrected chi connectivity index (χ2v) is 15.2. The van der Waals surface area contributed by atoms with E-state index in [2.05, 4.69) is 36.0 Å². The van der Waals surface area contributed by atoms with Crippen LogP contribution in [0.25, 0.3) is 22.3 Å². The summed E-state index contributed by atoms with van der Waals surface area (Å²) in [6, 6.07) is 14.1. The van der Waals surface area contributed by atoms with Crippen LogP contribution in [0.15, 0.2) is 70.7 Å². The predicted molar refractivity (Wildman–Crippen MR) is 194 cm³/mol. The summed E-state index contributed by atoms with van der Waals surface area (Å²) in [5, 5.41) is 16.1. The van der Waals surface area contributed by atoms with E-state index in [1.54, 1.807) is 35.2 Å². The minimum Gasteiger partial charge on any atom is -0.497 e. The molecule has 0 amide bonds. The minimum absolute atomic E-state index is 0.0629. The van der Waals surface area contributed by atoms with Gasteiger partial charge in [0.2, 0.25) is 0 Å². The lowest BCUT2D eigenvalue weighted by atomic mass is 9.45. The highest BCUT2D eigenvalue weighted by Gasteiger charge is 2.56. The average Bonchev–Trinajstić information content (AvgIpc) is 3.10. The van der Waals surface area contributed by atoms with Gasteiger partial charge in [-0.1, -0.05) is 26.8 Å². The summed E-state index contributed by atoms with van der Waals surface area (Å²) in [7, 11) is 1.50. The third-order valence-electron chi connectivity index (χ3n) is 11.8. The summed E-state index contributed by atoms with van der Waals surface area (Å²) in [5.74, 6) is 3.11. The highest BCUT2D eigenvalue weighted by Crippen LogP contribution is 2.61. The maximum Gasteiger partial charge on any atom is 0.261 e. The number of aromatic nitrogens is 3. The lowest BCUT2D eigenvalue weighted by Crippen LogP contribution is -2.59. The second kappa shape index (κ2) is 13.4. The van der Waals surface area contributed by atoms with Gasteiger partial charge < -0.3 is 20.2 Å². The van der Waals surface area contributed by atoms with Crippen LogP contribution in [0.2, 0.25) is 0 Å². The molecule has 6 atom stereocenters. The Labute approximate surface area is 293 Å². The number of rotatable bonds is 7. The van der Waals surface area contributed by atoms with E-state index in [0.29, 0.717) is 76.3 Å². The molecule has 11 heteroatoms. The van der Waals surface area contributed by atoms with Gasteiger partial charge in [-0.05, 0) is 98.2 Å². The number of guanidine groups is 1. The number of ether oxygens (including phenoxy) is 1. The zero-order chi connectivity index (χ0) is 35.3. The van der Waals surface area contributed by atoms with E-state index in [1.807, 2.05) is 38.1 Å². The van der Waals surface area contributed by atoms with Gasteiger partial charge in [0.25, 0.3) is 5.56 Å². The summed E-state index contributed by atoms with van der Waals surface area (Å²) >= 11 is 0. The number of hydrogen-bond acceptors (Lipinski definition) is 7. The number of benzene rings is 2.